The first-order valence-electron chi connectivity index (χ1n) is 10.8. The van der Waals surface area contributed by atoms with Gasteiger partial charge in [-0.05, 0) is 38.0 Å². The third-order valence-corrected chi connectivity index (χ3v) is 5.69. The molecule has 1 N–H and O–H groups in total. The SMILES string of the molecule is COC(=O)c1ccnc(O[C@]2(C(=O)c3ccc(OC)nc3-c3ncccn3)CC[C@@H](C)NC2)c1. The van der Waals surface area contributed by atoms with E-state index >= 15 is 0 Å². The number of rotatable bonds is 7. The van der Waals surface area contributed by atoms with Gasteiger partial charge in [-0.1, -0.05) is 0 Å². The average molecular weight is 463 g/mol. The molecule has 1 fully saturated rings. The molecule has 0 unspecified atom stereocenters. The second kappa shape index (κ2) is 9.92. The van der Waals surface area contributed by atoms with Crippen LogP contribution in [0, 0.1) is 0 Å². The van der Waals surface area contributed by atoms with Gasteiger partial charge in [-0.15, -0.1) is 0 Å². The molecule has 0 aromatic carbocycles. The molecule has 4 rings (SSSR count). The number of methoxy groups -OCH3 is 2. The van der Waals surface area contributed by atoms with Crippen molar-refractivity contribution in [2.75, 3.05) is 20.8 Å². The fourth-order valence-corrected chi connectivity index (χ4v) is 3.79. The van der Waals surface area contributed by atoms with E-state index in [1.165, 1.54) is 32.5 Å². The maximum Gasteiger partial charge on any atom is 0.338 e. The average Bonchev–Trinajstić information content (AvgIpc) is 2.89. The largest absolute Gasteiger partial charge is 0.481 e. The number of nitrogens with one attached hydrogen (secondary N) is 1. The highest BCUT2D eigenvalue weighted by Crippen LogP contribution is 2.32. The minimum absolute atomic E-state index is 0.145. The van der Waals surface area contributed by atoms with Crippen molar-refractivity contribution in [3.05, 3.63) is 60.0 Å². The number of nitrogens with zero attached hydrogens (tertiary/aromatic N) is 4. The Morgan fingerprint density at radius 3 is 2.53 bits per heavy atom. The Labute approximate surface area is 196 Å². The molecule has 0 aliphatic carbocycles. The zero-order chi connectivity index (χ0) is 24.1. The number of hydrogen-bond acceptors (Lipinski definition) is 10. The summed E-state index contributed by atoms with van der Waals surface area (Å²) in [7, 11) is 2.79. The zero-order valence-corrected chi connectivity index (χ0v) is 19.1. The van der Waals surface area contributed by atoms with Gasteiger partial charge in [-0.3, -0.25) is 4.79 Å². The van der Waals surface area contributed by atoms with Crippen LogP contribution in [0.25, 0.3) is 11.5 Å². The third kappa shape index (κ3) is 4.72. The molecule has 1 aliphatic rings. The van der Waals surface area contributed by atoms with E-state index in [9.17, 15) is 9.59 Å². The molecule has 0 spiro atoms. The summed E-state index contributed by atoms with van der Waals surface area (Å²) >= 11 is 0. The van der Waals surface area contributed by atoms with E-state index in [1.807, 2.05) is 6.92 Å². The fourth-order valence-electron chi connectivity index (χ4n) is 3.79. The van der Waals surface area contributed by atoms with E-state index < -0.39 is 11.6 Å². The maximum atomic E-state index is 14.1. The van der Waals surface area contributed by atoms with Crippen LogP contribution in [-0.2, 0) is 4.74 Å². The van der Waals surface area contributed by atoms with Gasteiger partial charge in [0.05, 0.1) is 25.3 Å². The Balaban J connectivity index is 1.77. The van der Waals surface area contributed by atoms with Crippen LogP contribution in [0.2, 0.25) is 0 Å². The van der Waals surface area contributed by atoms with Crippen molar-refractivity contribution in [1.29, 1.82) is 0 Å². The predicted molar refractivity (Wildman–Crippen MR) is 122 cm³/mol. The van der Waals surface area contributed by atoms with Gasteiger partial charge in [0.2, 0.25) is 17.5 Å². The molecule has 3 aromatic heterocycles. The molecule has 2 atom stereocenters. The molecular weight excluding hydrogens is 438 g/mol. The topological polar surface area (TPSA) is 125 Å². The lowest BCUT2D eigenvalue weighted by atomic mass is 9.83. The number of Topliss-reactive ketones (excluding diaryl/α,β-unsaturated/α-hetero) is 1. The number of ketones is 1. The molecule has 0 bridgehead atoms. The maximum absolute atomic E-state index is 14.1. The molecule has 10 nitrogen and oxygen atoms in total. The first-order valence-corrected chi connectivity index (χ1v) is 10.8. The molecule has 0 amide bonds. The quantitative estimate of drug-likeness (QED) is 0.413. The van der Waals surface area contributed by atoms with Gasteiger partial charge in [0.25, 0.3) is 0 Å². The van der Waals surface area contributed by atoms with Crippen molar-refractivity contribution in [3.63, 3.8) is 0 Å². The summed E-state index contributed by atoms with van der Waals surface area (Å²) in [6.45, 7) is 2.29. The first-order chi connectivity index (χ1) is 16.5. The number of carbonyl (C=O) groups excluding carboxylic acids is 2. The van der Waals surface area contributed by atoms with E-state index in [4.69, 9.17) is 14.2 Å². The molecule has 34 heavy (non-hydrogen) atoms. The Morgan fingerprint density at radius 1 is 1.06 bits per heavy atom. The normalized spacial score (nSPS) is 19.8. The molecule has 4 heterocycles. The Bertz CT molecular complexity index is 1180. The number of esters is 1. The van der Waals surface area contributed by atoms with Crippen molar-refractivity contribution in [3.8, 4) is 23.3 Å². The van der Waals surface area contributed by atoms with Crippen LogP contribution in [0.1, 0.15) is 40.5 Å². The lowest BCUT2D eigenvalue weighted by Crippen LogP contribution is -2.58. The van der Waals surface area contributed by atoms with Gasteiger partial charge in [0, 0.05) is 43.3 Å². The van der Waals surface area contributed by atoms with E-state index in [2.05, 4.69) is 25.3 Å². The highest BCUT2D eigenvalue weighted by Gasteiger charge is 2.45. The molecule has 10 heteroatoms. The fraction of sp³-hybridized carbons (Fsp3) is 0.333. The minimum atomic E-state index is -1.28. The molecular formula is C24H25N5O5. The number of pyridine rings is 2. The van der Waals surface area contributed by atoms with Crippen LogP contribution in [0.15, 0.2) is 48.9 Å². The van der Waals surface area contributed by atoms with Crippen LogP contribution < -0.4 is 14.8 Å². The van der Waals surface area contributed by atoms with Crippen molar-refractivity contribution in [1.82, 2.24) is 25.3 Å². The van der Waals surface area contributed by atoms with Crippen LogP contribution >= 0.6 is 0 Å². The highest BCUT2D eigenvalue weighted by atomic mass is 16.5. The minimum Gasteiger partial charge on any atom is -0.481 e. The summed E-state index contributed by atoms with van der Waals surface area (Å²) in [5.41, 5.74) is -0.416. The number of ether oxygens (including phenoxy) is 3. The van der Waals surface area contributed by atoms with Crippen molar-refractivity contribution < 1.29 is 23.8 Å². The molecule has 176 valence electrons. The predicted octanol–water partition coefficient (Wildman–Crippen LogP) is 2.50. The smallest absolute Gasteiger partial charge is 0.338 e. The highest BCUT2D eigenvalue weighted by molar-refractivity contribution is 6.07. The van der Waals surface area contributed by atoms with Gasteiger partial charge in [0.1, 0.15) is 5.69 Å². The molecule has 0 radical (unpaired) electrons. The van der Waals surface area contributed by atoms with Crippen molar-refractivity contribution >= 4 is 11.8 Å². The number of piperidine rings is 1. The summed E-state index contributed by atoms with van der Waals surface area (Å²) in [6, 6.07) is 8.13. The summed E-state index contributed by atoms with van der Waals surface area (Å²) < 4.78 is 16.3. The number of hydrogen-bond donors (Lipinski definition) is 1. The third-order valence-electron chi connectivity index (χ3n) is 5.69. The van der Waals surface area contributed by atoms with E-state index in [-0.39, 0.29) is 29.8 Å². The Morgan fingerprint density at radius 2 is 1.85 bits per heavy atom. The van der Waals surface area contributed by atoms with E-state index in [0.717, 1.165) is 0 Å². The van der Waals surface area contributed by atoms with Crippen molar-refractivity contribution in [2.24, 2.45) is 0 Å². The summed E-state index contributed by atoms with van der Waals surface area (Å²) in [5.74, 6) is -0.0492. The standard InChI is InChI=1S/C24H25N5O5/c1-15-7-9-24(14-28-15,34-19-13-16(8-12-25-19)23(31)33-3)21(30)17-5-6-18(32-2)29-20(17)22-26-10-4-11-27-22/h4-6,8,10-13,15,28H,7,9,14H2,1-3H3/t15-,24-/m1/s1. The number of aromatic nitrogens is 4. The van der Waals surface area contributed by atoms with Crippen LogP contribution in [0.3, 0.4) is 0 Å². The van der Waals surface area contributed by atoms with Gasteiger partial charge in [0.15, 0.2) is 11.4 Å². The van der Waals surface area contributed by atoms with Crippen LogP contribution in [-0.4, -0.2) is 64.1 Å². The van der Waals surface area contributed by atoms with Crippen molar-refractivity contribution in [2.45, 2.75) is 31.4 Å². The Kier molecular flexibility index (Phi) is 6.78. The molecule has 1 saturated heterocycles. The van der Waals surface area contributed by atoms with E-state index in [0.29, 0.717) is 35.8 Å². The van der Waals surface area contributed by atoms with Gasteiger partial charge in [-0.2, -0.15) is 0 Å². The first kappa shape index (κ1) is 23.2. The second-order valence-corrected chi connectivity index (χ2v) is 7.94. The lowest BCUT2D eigenvalue weighted by Gasteiger charge is -2.38. The summed E-state index contributed by atoms with van der Waals surface area (Å²) in [4.78, 5) is 43.3. The molecule has 0 saturated carbocycles. The van der Waals surface area contributed by atoms with Crippen LogP contribution in [0.5, 0.6) is 11.8 Å². The van der Waals surface area contributed by atoms with Gasteiger partial charge < -0.3 is 19.5 Å². The molecule has 1 aliphatic heterocycles. The summed E-state index contributed by atoms with van der Waals surface area (Å²) in [5, 5.41) is 3.33. The van der Waals surface area contributed by atoms with Gasteiger partial charge in [-0.25, -0.2) is 24.7 Å². The van der Waals surface area contributed by atoms with Gasteiger partial charge >= 0.3 is 5.97 Å². The van der Waals surface area contributed by atoms with E-state index in [1.54, 1.807) is 30.6 Å². The Hall–Kier alpha value is -3.92. The summed E-state index contributed by atoms with van der Waals surface area (Å²) in [6.07, 6.45) is 5.73. The lowest BCUT2D eigenvalue weighted by molar-refractivity contribution is 0.0263. The zero-order valence-electron chi connectivity index (χ0n) is 19.1. The number of carbonyl (C=O) groups is 2. The monoisotopic (exact) mass is 463 g/mol. The second-order valence-electron chi connectivity index (χ2n) is 7.94. The van der Waals surface area contributed by atoms with Crippen LogP contribution in [0.4, 0.5) is 0 Å². The molecule has 3 aromatic rings.